The minimum absolute atomic E-state index is 0.220. The highest BCUT2D eigenvalue weighted by atomic mass is 32.1. The summed E-state index contributed by atoms with van der Waals surface area (Å²) in [4.78, 5) is 0. The van der Waals surface area contributed by atoms with Crippen LogP contribution in [0.4, 0.5) is 5.69 Å². The molecule has 11 heavy (non-hydrogen) atoms. The molecule has 3 nitrogen and oxygen atoms in total. The molecule has 0 heterocycles. The van der Waals surface area contributed by atoms with Crippen LogP contribution in [0.25, 0.3) is 0 Å². The van der Waals surface area contributed by atoms with E-state index < -0.39 is 0 Å². The van der Waals surface area contributed by atoms with E-state index in [1.807, 2.05) is 12.1 Å². The molecule has 0 aliphatic carbocycles. The van der Waals surface area contributed by atoms with E-state index in [0.717, 1.165) is 5.69 Å². The zero-order valence-electron chi connectivity index (χ0n) is 5.79. The monoisotopic (exact) mass is 166 g/mol. The van der Waals surface area contributed by atoms with Crippen molar-refractivity contribution in [3.63, 3.8) is 0 Å². The van der Waals surface area contributed by atoms with Crippen LogP contribution in [0.3, 0.4) is 0 Å². The van der Waals surface area contributed by atoms with Gasteiger partial charge >= 0.3 is 0 Å². The summed E-state index contributed by atoms with van der Waals surface area (Å²) in [6.07, 6.45) is 0. The number of nitrogens with one attached hydrogen (secondary N) is 2. The van der Waals surface area contributed by atoms with Crippen molar-refractivity contribution in [3.8, 4) is 0 Å². The Hall–Kier alpha value is -1.29. The number of rotatable bonds is 2. The number of nitrogens with two attached hydrogens (primary N) is 1. The minimum Gasteiger partial charge on any atom is -0.375 e. The summed E-state index contributed by atoms with van der Waals surface area (Å²) in [5, 5.41) is 0.220. The lowest BCUT2D eigenvalue weighted by Gasteiger charge is -2.05. The third kappa shape index (κ3) is 2.86. The zero-order valence-corrected chi connectivity index (χ0v) is 6.61. The molecule has 0 atom stereocenters. The lowest BCUT2D eigenvalue weighted by atomic mass is 10.3. The zero-order chi connectivity index (χ0) is 8.10. The lowest BCUT2D eigenvalue weighted by molar-refractivity contribution is 1.13. The molecule has 0 spiro atoms. The van der Waals surface area contributed by atoms with Crippen LogP contribution in [0.5, 0.6) is 0 Å². The Morgan fingerprint density at radius 1 is 1.45 bits per heavy atom. The van der Waals surface area contributed by atoms with E-state index in [-0.39, 0.29) is 5.11 Å². The van der Waals surface area contributed by atoms with Crippen molar-refractivity contribution < 1.29 is 0 Å². The molecule has 0 aliphatic heterocycles. The van der Waals surface area contributed by atoms with Gasteiger partial charge in [-0.25, -0.2) is 0 Å². The minimum atomic E-state index is 0.220. The molecular weight excluding hydrogens is 158 g/mol. The SMILES string of the molecule is NC(=S)NNc1cc[c]cc1. The van der Waals surface area contributed by atoms with Gasteiger partial charge in [0.1, 0.15) is 0 Å². The fourth-order valence-electron chi connectivity index (χ4n) is 0.604. The fourth-order valence-corrected chi connectivity index (χ4v) is 0.655. The average molecular weight is 166 g/mol. The maximum Gasteiger partial charge on any atom is 0.182 e. The van der Waals surface area contributed by atoms with Crippen LogP contribution >= 0.6 is 12.2 Å². The van der Waals surface area contributed by atoms with E-state index in [2.05, 4.69) is 29.1 Å². The molecule has 57 valence electrons. The van der Waals surface area contributed by atoms with Crippen LogP contribution in [-0.4, -0.2) is 5.11 Å². The van der Waals surface area contributed by atoms with Crippen LogP contribution in [0.15, 0.2) is 24.3 Å². The van der Waals surface area contributed by atoms with Gasteiger partial charge in [-0.1, -0.05) is 12.1 Å². The van der Waals surface area contributed by atoms with Gasteiger partial charge in [-0.3, -0.25) is 10.9 Å². The van der Waals surface area contributed by atoms with Gasteiger partial charge < -0.3 is 5.73 Å². The highest BCUT2D eigenvalue weighted by molar-refractivity contribution is 7.80. The van der Waals surface area contributed by atoms with E-state index in [1.165, 1.54) is 0 Å². The molecule has 4 heteroatoms. The summed E-state index contributed by atoms with van der Waals surface area (Å²) in [6.45, 7) is 0. The molecule has 4 N–H and O–H groups in total. The maximum atomic E-state index is 5.19. The fraction of sp³-hybridized carbons (Fsp3) is 0. The van der Waals surface area contributed by atoms with Gasteiger partial charge in [0.2, 0.25) is 0 Å². The number of benzene rings is 1. The summed E-state index contributed by atoms with van der Waals surface area (Å²) >= 11 is 4.59. The van der Waals surface area contributed by atoms with Gasteiger partial charge in [-0.2, -0.15) is 0 Å². The summed E-state index contributed by atoms with van der Waals surface area (Å²) in [7, 11) is 0. The smallest absolute Gasteiger partial charge is 0.182 e. The van der Waals surface area contributed by atoms with E-state index in [0.29, 0.717) is 0 Å². The Kier molecular flexibility index (Phi) is 2.68. The average Bonchev–Trinajstić information content (AvgIpc) is 2.03. The van der Waals surface area contributed by atoms with E-state index in [4.69, 9.17) is 5.73 Å². The molecule has 0 amide bonds. The van der Waals surface area contributed by atoms with Gasteiger partial charge in [0.15, 0.2) is 5.11 Å². The van der Waals surface area contributed by atoms with Crippen LogP contribution in [0, 0.1) is 6.07 Å². The molecule has 0 bridgehead atoms. The Morgan fingerprint density at radius 2 is 2.09 bits per heavy atom. The van der Waals surface area contributed by atoms with Crippen LogP contribution in [0.2, 0.25) is 0 Å². The predicted molar refractivity (Wildman–Crippen MR) is 48.8 cm³/mol. The van der Waals surface area contributed by atoms with Crippen LogP contribution in [0.1, 0.15) is 0 Å². The molecule has 0 fully saturated rings. The number of thiocarbonyl (C=S) groups is 1. The molecule has 0 aliphatic rings. The van der Waals surface area contributed by atoms with Crippen molar-refractivity contribution in [3.05, 3.63) is 30.3 Å². The van der Waals surface area contributed by atoms with Crippen molar-refractivity contribution in [2.24, 2.45) is 5.73 Å². The second kappa shape index (κ2) is 3.78. The van der Waals surface area contributed by atoms with Gasteiger partial charge in [-0.05, 0) is 30.4 Å². The van der Waals surface area contributed by atoms with Gasteiger partial charge in [-0.15, -0.1) is 0 Å². The highest BCUT2D eigenvalue weighted by Crippen LogP contribution is 2.01. The van der Waals surface area contributed by atoms with Crippen molar-refractivity contribution in [2.45, 2.75) is 0 Å². The van der Waals surface area contributed by atoms with Gasteiger partial charge in [0.25, 0.3) is 0 Å². The van der Waals surface area contributed by atoms with Crippen molar-refractivity contribution in [1.82, 2.24) is 5.43 Å². The largest absolute Gasteiger partial charge is 0.375 e. The third-order valence-corrected chi connectivity index (χ3v) is 1.15. The first-order valence-electron chi connectivity index (χ1n) is 3.06. The Labute approximate surface area is 70.6 Å². The summed E-state index contributed by atoms with van der Waals surface area (Å²) in [5.41, 5.74) is 11.5. The second-order valence-electron chi connectivity index (χ2n) is 1.90. The van der Waals surface area contributed by atoms with Crippen LogP contribution < -0.4 is 16.6 Å². The van der Waals surface area contributed by atoms with E-state index >= 15 is 0 Å². The normalized spacial score (nSPS) is 8.73. The Bertz CT molecular complexity index is 235. The molecule has 0 saturated carbocycles. The third-order valence-electron chi connectivity index (χ3n) is 1.05. The maximum absolute atomic E-state index is 5.19. The topological polar surface area (TPSA) is 50.1 Å². The second-order valence-corrected chi connectivity index (χ2v) is 2.34. The summed E-state index contributed by atoms with van der Waals surface area (Å²) in [5.74, 6) is 0. The highest BCUT2D eigenvalue weighted by Gasteiger charge is 1.86. The number of hydrogen-bond acceptors (Lipinski definition) is 2. The molecule has 0 saturated heterocycles. The lowest BCUT2D eigenvalue weighted by Crippen LogP contribution is -2.33. The molecule has 1 aromatic carbocycles. The van der Waals surface area contributed by atoms with Crippen molar-refractivity contribution >= 4 is 23.0 Å². The van der Waals surface area contributed by atoms with E-state index in [1.54, 1.807) is 12.1 Å². The first-order valence-corrected chi connectivity index (χ1v) is 3.47. The molecule has 1 radical (unpaired) electrons. The molecule has 0 unspecified atom stereocenters. The van der Waals surface area contributed by atoms with Gasteiger partial charge in [0, 0.05) is 0 Å². The first kappa shape index (κ1) is 7.81. The van der Waals surface area contributed by atoms with Crippen LogP contribution in [-0.2, 0) is 0 Å². The number of hydrazine groups is 1. The van der Waals surface area contributed by atoms with Crippen molar-refractivity contribution in [2.75, 3.05) is 5.43 Å². The molecule has 1 rings (SSSR count). The van der Waals surface area contributed by atoms with E-state index in [9.17, 15) is 0 Å². The predicted octanol–water partition coefficient (Wildman–Crippen LogP) is 0.647. The Balaban J connectivity index is 2.45. The molecule has 0 aromatic heterocycles. The summed E-state index contributed by atoms with van der Waals surface area (Å²) < 4.78 is 0. The summed E-state index contributed by atoms with van der Waals surface area (Å²) in [6, 6.07) is 10.2. The molecular formula is C7H8N3S. The molecule has 1 aromatic rings. The first-order chi connectivity index (χ1) is 5.29. The Morgan fingerprint density at radius 3 is 2.64 bits per heavy atom. The number of anilines is 1. The van der Waals surface area contributed by atoms with Crippen molar-refractivity contribution in [1.29, 1.82) is 0 Å². The van der Waals surface area contributed by atoms with Gasteiger partial charge in [0.05, 0.1) is 5.69 Å². The quantitative estimate of drug-likeness (QED) is 0.446. The number of hydrogen-bond donors (Lipinski definition) is 3. The standard InChI is InChI=1S/C7H8N3S/c8-7(11)10-9-6-4-2-1-3-5-6/h2-5,9H,(H3,8,10,11).